The van der Waals surface area contributed by atoms with E-state index in [9.17, 15) is 9.90 Å². The first-order chi connectivity index (χ1) is 11.6. The molecular weight excluding hydrogens is 332 g/mol. The Morgan fingerprint density at radius 3 is 3.21 bits per heavy atom. The third kappa shape index (κ3) is 4.10. The maximum absolute atomic E-state index is 12.2. The van der Waals surface area contributed by atoms with E-state index in [-0.39, 0.29) is 12.5 Å². The molecular formula is C15H22N4O4S. The van der Waals surface area contributed by atoms with Crippen LogP contribution in [0.3, 0.4) is 0 Å². The van der Waals surface area contributed by atoms with Gasteiger partial charge in [-0.05, 0) is 19.4 Å². The Bertz CT molecular complexity index is 594. The van der Waals surface area contributed by atoms with Crippen molar-refractivity contribution in [3.63, 3.8) is 0 Å². The molecule has 0 bridgehead atoms. The second-order valence-corrected chi connectivity index (χ2v) is 7.05. The van der Waals surface area contributed by atoms with Gasteiger partial charge < -0.3 is 20.4 Å². The fourth-order valence-corrected chi connectivity index (χ4v) is 3.72. The van der Waals surface area contributed by atoms with Crippen LogP contribution in [0.25, 0.3) is 0 Å². The lowest BCUT2D eigenvalue weighted by Crippen LogP contribution is -2.51. The van der Waals surface area contributed by atoms with Crippen molar-refractivity contribution in [3.8, 4) is 0 Å². The highest BCUT2D eigenvalue weighted by Crippen LogP contribution is 2.33. The summed E-state index contributed by atoms with van der Waals surface area (Å²) >= 11 is 1.49. The van der Waals surface area contributed by atoms with Gasteiger partial charge in [0.2, 0.25) is 0 Å². The van der Waals surface area contributed by atoms with Gasteiger partial charge in [0.05, 0.1) is 30.5 Å². The van der Waals surface area contributed by atoms with Crippen molar-refractivity contribution in [1.29, 1.82) is 0 Å². The lowest BCUT2D eigenvalue weighted by molar-refractivity contribution is -0.115. The fraction of sp³-hybridized carbons (Fsp3) is 0.667. The van der Waals surface area contributed by atoms with Gasteiger partial charge >= 0.3 is 0 Å². The van der Waals surface area contributed by atoms with Crippen molar-refractivity contribution in [2.75, 3.05) is 26.2 Å². The minimum atomic E-state index is -0.761. The van der Waals surface area contributed by atoms with Gasteiger partial charge in [-0.1, -0.05) is 5.16 Å². The SMILES string of the molecule is O=C(NCc1cscn1)C1=NO[C@@]2(CCCN(C[C@H](O)CO)C2)C1. The standard InChI is InChI=1S/C15H22N4O4S/c20-7-12(21)6-19-3-1-2-15(9-19)4-13(18-23-15)14(22)16-5-11-8-24-10-17-11/h8,10,12,20-21H,1-7,9H2,(H,16,22)/t12-,15-/m0/s1. The first kappa shape index (κ1) is 17.3. The summed E-state index contributed by atoms with van der Waals surface area (Å²) in [5, 5.41) is 27.3. The zero-order valence-corrected chi connectivity index (χ0v) is 14.2. The number of β-amino-alcohol motifs (C(OH)–C–C–N with tert-alkyl or cyclic N) is 1. The molecule has 1 aromatic heterocycles. The van der Waals surface area contributed by atoms with Crippen LogP contribution in [0.2, 0.25) is 0 Å². The number of aromatic nitrogens is 1. The highest BCUT2D eigenvalue weighted by molar-refractivity contribution is 7.07. The number of thiazole rings is 1. The van der Waals surface area contributed by atoms with E-state index in [2.05, 4.69) is 20.4 Å². The second-order valence-electron chi connectivity index (χ2n) is 6.33. The van der Waals surface area contributed by atoms with Crippen LogP contribution in [-0.2, 0) is 16.2 Å². The summed E-state index contributed by atoms with van der Waals surface area (Å²) < 4.78 is 0. The molecule has 3 rings (SSSR count). The Morgan fingerprint density at radius 1 is 1.58 bits per heavy atom. The van der Waals surface area contributed by atoms with E-state index >= 15 is 0 Å². The molecule has 8 nitrogen and oxygen atoms in total. The Morgan fingerprint density at radius 2 is 2.46 bits per heavy atom. The van der Waals surface area contributed by atoms with Crippen LogP contribution in [-0.4, -0.2) is 69.7 Å². The predicted octanol–water partition coefficient (Wildman–Crippen LogP) is -0.277. The number of carbonyl (C=O) groups excluding carboxylic acids is 1. The van der Waals surface area contributed by atoms with Crippen LogP contribution < -0.4 is 5.32 Å². The van der Waals surface area contributed by atoms with E-state index in [0.29, 0.717) is 31.8 Å². The van der Waals surface area contributed by atoms with Crippen LogP contribution in [0.1, 0.15) is 25.0 Å². The largest absolute Gasteiger partial charge is 0.394 e. The van der Waals surface area contributed by atoms with Gasteiger partial charge in [0.1, 0.15) is 5.71 Å². The number of likely N-dealkylation sites (tertiary alicyclic amines) is 1. The molecule has 3 heterocycles. The summed E-state index contributed by atoms with van der Waals surface area (Å²) in [6, 6.07) is 0. The average molecular weight is 354 g/mol. The monoisotopic (exact) mass is 354 g/mol. The van der Waals surface area contributed by atoms with Crippen molar-refractivity contribution in [2.24, 2.45) is 5.16 Å². The Hall–Kier alpha value is -1.55. The van der Waals surface area contributed by atoms with E-state index < -0.39 is 11.7 Å². The van der Waals surface area contributed by atoms with Crippen LogP contribution >= 0.6 is 11.3 Å². The lowest BCUT2D eigenvalue weighted by atomic mass is 9.88. The normalized spacial score (nSPS) is 25.3. The number of hydrogen-bond donors (Lipinski definition) is 3. The number of carbonyl (C=O) groups is 1. The molecule has 0 aromatic carbocycles. The van der Waals surface area contributed by atoms with Gasteiger partial charge in [-0.2, -0.15) is 0 Å². The van der Waals surface area contributed by atoms with E-state index in [4.69, 9.17) is 9.94 Å². The van der Waals surface area contributed by atoms with Crippen molar-refractivity contribution in [3.05, 3.63) is 16.6 Å². The number of hydrogen-bond acceptors (Lipinski definition) is 8. The maximum atomic E-state index is 12.2. The molecule has 1 saturated heterocycles. The number of rotatable bonds is 6. The lowest BCUT2D eigenvalue weighted by Gasteiger charge is -2.38. The molecule has 0 saturated carbocycles. The number of oxime groups is 1. The molecule has 24 heavy (non-hydrogen) atoms. The van der Waals surface area contributed by atoms with Crippen LogP contribution in [0.4, 0.5) is 0 Å². The summed E-state index contributed by atoms with van der Waals surface area (Å²) in [5.41, 5.74) is 2.45. The first-order valence-electron chi connectivity index (χ1n) is 8.02. The predicted molar refractivity (Wildman–Crippen MR) is 88.6 cm³/mol. The number of piperidine rings is 1. The first-order valence-corrected chi connectivity index (χ1v) is 8.96. The molecule has 1 amide bonds. The van der Waals surface area contributed by atoms with Crippen molar-refractivity contribution < 1.29 is 19.8 Å². The fourth-order valence-electron chi connectivity index (χ4n) is 3.16. The molecule has 2 atom stereocenters. The van der Waals surface area contributed by atoms with Gasteiger partial charge in [0.25, 0.3) is 5.91 Å². The molecule has 9 heteroatoms. The molecule has 132 valence electrons. The van der Waals surface area contributed by atoms with Gasteiger partial charge in [-0.25, -0.2) is 4.98 Å². The van der Waals surface area contributed by atoms with E-state index in [1.807, 2.05) is 5.38 Å². The van der Waals surface area contributed by atoms with E-state index in [0.717, 1.165) is 25.1 Å². The molecule has 1 fully saturated rings. The summed E-state index contributed by atoms with van der Waals surface area (Å²) in [7, 11) is 0. The Balaban J connectivity index is 1.52. The van der Waals surface area contributed by atoms with Crippen LogP contribution in [0.15, 0.2) is 16.0 Å². The third-order valence-corrected chi connectivity index (χ3v) is 4.95. The van der Waals surface area contributed by atoms with Crippen LogP contribution in [0.5, 0.6) is 0 Å². The number of nitrogens with one attached hydrogen (secondary N) is 1. The second kappa shape index (κ2) is 7.56. The minimum absolute atomic E-state index is 0.229. The molecule has 0 unspecified atom stereocenters. The minimum Gasteiger partial charge on any atom is -0.394 e. The van der Waals surface area contributed by atoms with Crippen molar-refractivity contribution in [2.45, 2.75) is 37.5 Å². The zero-order chi connectivity index (χ0) is 17.0. The molecule has 2 aliphatic rings. The summed E-state index contributed by atoms with van der Waals surface area (Å²) in [5.74, 6) is -0.229. The topological polar surface area (TPSA) is 107 Å². The summed E-state index contributed by atoms with van der Waals surface area (Å²) in [6.07, 6.45) is 1.43. The third-order valence-electron chi connectivity index (χ3n) is 4.31. The Kier molecular flexibility index (Phi) is 5.44. The summed E-state index contributed by atoms with van der Waals surface area (Å²) in [4.78, 5) is 24.0. The van der Waals surface area contributed by atoms with Gasteiger partial charge in [-0.15, -0.1) is 11.3 Å². The van der Waals surface area contributed by atoms with E-state index in [1.54, 1.807) is 5.51 Å². The van der Waals surface area contributed by atoms with Crippen molar-refractivity contribution in [1.82, 2.24) is 15.2 Å². The Labute approximate surface area is 144 Å². The molecule has 0 aliphatic carbocycles. The smallest absolute Gasteiger partial charge is 0.269 e. The van der Waals surface area contributed by atoms with Crippen LogP contribution in [0, 0.1) is 0 Å². The van der Waals surface area contributed by atoms with Gasteiger partial charge in [0.15, 0.2) is 5.60 Å². The number of nitrogens with zero attached hydrogens (tertiary/aromatic N) is 3. The average Bonchev–Trinajstić information content (AvgIpc) is 3.23. The molecule has 1 aromatic rings. The maximum Gasteiger partial charge on any atom is 0.269 e. The van der Waals surface area contributed by atoms with Gasteiger partial charge in [-0.3, -0.25) is 9.69 Å². The number of aliphatic hydroxyl groups excluding tert-OH is 2. The van der Waals surface area contributed by atoms with Crippen molar-refractivity contribution >= 4 is 23.0 Å². The highest BCUT2D eigenvalue weighted by atomic mass is 32.1. The quantitative estimate of drug-likeness (QED) is 0.649. The summed E-state index contributed by atoms with van der Waals surface area (Å²) in [6.45, 7) is 1.95. The van der Waals surface area contributed by atoms with E-state index in [1.165, 1.54) is 11.3 Å². The zero-order valence-electron chi connectivity index (χ0n) is 13.3. The highest BCUT2D eigenvalue weighted by Gasteiger charge is 2.44. The molecule has 2 aliphatic heterocycles. The van der Waals surface area contributed by atoms with Gasteiger partial charge in [0, 0.05) is 24.9 Å². The number of amides is 1. The molecule has 3 N–H and O–H groups in total. The molecule has 1 spiro atoms. The molecule has 0 radical (unpaired) electrons. The number of aliphatic hydroxyl groups is 2.